The zero-order valence-corrected chi connectivity index (χ0v) is 14.0. The molecule has 2 rings (SSSR count). The molecule has 1 aromatic heterocycles. The van der Waals surface area contributed by atoms with Crippen LogP contribution < -0.4 is 4.74 Å². The minimum Gasteiger partial charge on any atom is -0.489 e. The predicted octanol–water partition coefficient (Wildman–Crippen LogP) is 4.09. The Labute approximate surface area is 133 Å². The molecule has 0 unspecified atom stereocenters. The molecule has 0 radical (unpaired) electrons. The summed E-state index contributed by atoms with van der Waals surface area (Å²) in [6, 6.07) is 5.73. The van der Waals surface area contributed by atoms with Crippen LogP contribution in [0, 0.1) is 0 Å². The first kappa shape index (κ1) is 15.3. The van der Waals surface area contributed by atoms with Crippen LogP contribution in [0.3, 0.4) is 0 Å². The second kappa shape index (κ2) is 7.04. The lowest BCUT2D eigenvalue weighted by Gasteiger charge is -2.11. The third kappa shape index (κ3) is 3.49. The highest BCUT2D eigenvalue weighted by atomic mass is 79.9. The third-order valence-electron chi connectivity index (χ3n) is 2.61. The molecule has 0 bridgehead atoms. The Hall–Kier alpha value is -1.14. The second-order valence-electron chi connectivity index (χ2n) is 3.97. The summed E-state index contributed by atoms with van der Waals surface area (Å²) in [5.41, 5.74) is 0.748. The minimum absolute atomic E-state index is 0.213. The van der Waals surface area contributed by atoms with Gasteiger partial charge in [0.1, 0.15) is 5.52 Å². The standard InChI is InChI=1S/C14H13Br2NO3/c1-2-19-12(18)5-7-20-14-11(16)8-10(15)9-4-3-6-17-13(9)14/h3-4,6,8H,2,5,7H2,1H3. The van der Waals surface area contributed by atoms with Gasteiger partial charge < -0.3 is 9.47 Å². The number of benzene rings is 1. The first-order valence-corrected chi connectivity index (χ1v) is 7.73. The maximum atomic E-state index is 11.3. The average Bonchev–Trinajstić information content (AvgIpc) is 2.43. The minimum atomic E-state index is -0.266. The van der Waals surface area contributed by atoms with Gasteiger partial charge in [0.05, 0.1) is 24.1 Å². The van der Waals surface area contributed by atoms with E-state index in [1.54, 1.807) is 13.1 Å². The fourth-order valence-electron chi connectivity index (χ4n) is 1.75. The molecule has 0 saturated heterocycles. The van der Waals surface area contributed by atoms with Crippen LogP contribution >= 0.6 is 31.9 Å². The van der Waals surface area contributed by atoms with Crippen LogP contribution in [0.25, 0.3) is 10.9 Å². The fraction of sp³-hybridized carbons (Fsp3) is 0.286. The van der Waals surface area contributed by atoms with E-state index in [4.69, 9.17) is 9.47 Å². The lowest BCUT2D eigenvalue weighted by Crippen LogP contribution is -2.10. The molecule has 1 heterocycles. The number of aromatic nitrogens is 1. The normalized spacial score (nSPS) is 10.6. The van der Waals surface area contributed by atoms with Crippen molar-refractivity contribution in [1.82, 2.24) is 4.98 Å². The lowest BCUT2D eigenvalue weighted by atomic mass is 10.2. The van der Waals surface area contributed by atoms with Crippen LogP contribution in [-0.2, 0) is 9.53 Å². The van der Waals surface area contributed by atoms with E-state index in [1.165, 1.54) is 0 Å². The number of hydrogen-bond donors (Lipinski definition) is 0. The Morgan fingerprint density at radius 1 is 1.35 bits per heavy atom. The molecule has 0 aliphatic heterocycles. The number of fused-ring (bicyclic) bond motifs is 1. The number of nitrogens with zero attached hydrogens (tertiary/aromatic N) is 1. The van der Waals surface area contributed by atoms with E-state index in [0.29, 0.717) is 12.4 Å². The van der Waals surface area contributed by atoms with Crippen molar-refractivity contribution in [1.29, 1.82) is 0 Å². The van der Waals surface area contributed by atoms with Crippen molar-refractivity contribution in [2.45, 2.75) is 13.3 Å². The number of carbonyl (C=O) groups is 1. The van der Waals surface area contributed by atoms with Gasteiger partial charge in [0.2, 0.25) is 0 Å². The second-order valence-corrected chi connectivity index (χ2v) is 5.68. The summed E-state index contributed by atoms with van der Waals surface area (Å²) in [4.78, 5) is 15.6. The Kier molecular flexibility index (Phi) is 5.37. The zero-order chi connectivity index (χ0) is 14.5. The molecule has 0 aliphatic rings. The van der Waals surface area contributed by atoms with Crippen LogP contribution in [0.5, 0.6) is 5.75 Å². The van der Waals surface area contributed by atoms with Crippen molar-refractivity contribution in [3.63, 3.8) is 0 Å². The van der Waals surface area contributed by atoms with Crippen LogP contribution in [0.15, 0.2) is 33.3 Å². The number of halogens is 2. The number of hydrogen-bond acceptors (Lipinski definition) is 4. The highest BCUT2D eigenvalue weighted by Gasteiger charge is 2.12. The Balaban J connectivity index is 2.19. The van der Waals surface area contributed by atoms with Crippen molar-refractivity contribution in [3.8, 4) is 5.75 Å². The van der Waals surface area contributed by atoms with Gasteiger partial charge in [-0.05, 0) is 35.0 Å². The summed E-state index contributed by atoms with van der Waals surface area (Å²) in [5, 5.41) is 0.960. The molecule has 0 saturated carbocycles. The summed E-state index contributed by atoms with van der Waals surface area (Å²) in [6.07, 6.45) is 1.92. The average molecular weight is 403 g/mol. The van der Waals surface area contributed by atoms with E-state index in [0.717, 1.165) is 19.8 Å². The van der Waals surface area contributed by atoms with Crippen LogP contribution in [0.4, 0.5) is 0 Å². The molecular weight excluding hydrogens is 390 g/mol. The maximum Gasteiger partial charge on any atom is 0.309 e. The molecule has 20 heavy (non-hydrogen) atoms. The molecule has 6 heteroatoms. The lowest BCUT2D eigenvalue weighted by molar-refractivity contribution is -0.143. The smallest absolute Gasteiger partial charge is 0.309 e. The Bertz CT molecular complexity index is 631. The molecule has 0 fully saturated rings. The number of pyridine rings is 1. The summed E-state index contributed by atoms with van der Waals surface area (Å²) in [7, 11) is 0. The van der Waals surface area contributed by atoms with Crippen LogP contribution in [0.1, 0.15) is 13.3 Å². The molecule has 106 valence electrons. The Morgan fingerprint density at radius 3 is 2.90 bits per heavy atom. The number of esters is 1. The van der Waals surface area contributed by atoms with Crippen molar-refractivity contribution in [2.24, 2.45) is 0 Å². The van der Waals surface area contributed by atoms with Crippen molar-refractivity contribution in [2.75, 3.05) is 13.2 Å². The van der Waals surface area contributed by atoms with Gasteiger partial charge in [-0.15, -0.1) is 0 Å². The van der Waals surface area contributed by atoms with E-state index in [2.05, 4.69) is 36.8 Å². The maximum absolute atomic E-state index is 11.3. The van der Waals surface area contributed by atoms with E-state index >= 15 is 0 Å². The molecule has 0 atom stereocenters. The van der Waals surface area contributed by atoms with E-state index in [-0.39, 0.29) is 19.0 Å². The summed E-state index contributed by atoms with van der Waals surface area (Å²) in [5.74, 6) is 0.367. The predicted molar refractivity (Wildman–Crippen MR) is 83.9 cm³/mol. The van der Waals surface area contributed by atoms with Gasteiger partial charge >= 0.3 is 5.97 Å². The van der Waals surface area contributed by atoms with Gasteiger partial charge in [0.15, 0.2) is 5.75 Å². The summed E-state index contributed by atoms with van der Waals surface area (Å²) in [6.45, 7) is 2.41. The first-order valence-electron chi connectivity index (χ1n) is 6.14. The topological polar surface area (TPSA) is 48.4 Å². The molecule has 0 amide bonds. The SMILES string of the molecule is CCOC(=O)CCOc1c(Br)cc(Br)c2cccnc12. The summed E-state index contributed by atoms with van der Waals surface area (Å²) >= 11 is 6.95. The highest BCUT2D eigenvalue weighted by Crippen LogP contribution is 2.37. The zero-order valence-electron chi connectivity index (χ0n) is 10.9. The van der Waals surface area contributed by atoms with E-state index < -0.39 is 0 Å². The van der Waals surface area contributed by atoms with Gasteiger partial charge in [0.25, 0.3) is 0 Å². The quantitative estimate of drug-likeness (QED) is 0.706. The van der Waals surface area contributed by atoms with Crippen molar-refractivity contribution < 1.29 is 14.3 Å². The van der Waals surface area contributed by atoms with E-state index in [1.807, 2.05) is 18.2 Å². The monoisotopic (exact) mass is 401 g/mol. The summed E-state index contributed by atoms with van der Waals surface area (Å²) < 4.78 is 12.3. The van der Waals surface area contributed by atoms with Crippen LogP contribution in [0.2, 0.25) is 0 Å². The van der Waals surface area contributed by atoms with Gasteiger partial charge in [0, 0.05) is 16.1 Å². The highest BCUT2D eigenvalue weighted by molar-refractivity contribution is 9.11. The first-order chi connectivity index (χ1) is 9.63. The van der Waals surface area contributed by atoms with Gasteiger partial charge in [-0.25, -0.2) is 0 Å². The van der Waals surface area contributed by atoms with Gasteiger partial charge in [-0.3, -0.25) is 9.78 Å². The molecule has 0 spiro atoms. The van der Waals surface area contributed by atoms with Gasteiger partial charge in [-0.1, -0.05) is 22.0 Å². The van der Waals surface area contributed by atoms with Crippen LogP contribution in [-0.4, -0.2) is 24.2 Å². The van der Waals surface area contributed by atoms with Crippen molar-refractivity contribution in [3.05, 3.63) is 33.3 Å². The molecular formula is C14H13Br2NO3. The largest absolute Gasteiger partial charge is 0.489 e. The number of ether oxygens (including phenoxy) is 2. The van der Waals surface area contributed by atoms with Gasteiger partial charge in [-0.2, -0.15) is 0 Å². The molecule has 2 aromatic rings. The molecule has 4 nitrogen and oxygen atoms in total. The number of rotatable bonds is 5. The molecule has 1 aromatic carbocycles. The molecule has 0 N–H and O–H groups in total. The third-order valence-corrected chi connectivity index (χ3v) is 3.85. The fourth-order valence-corrected chi connectivity index (χ4v) is 3.14. The van der Waals surface area contributed by atoms with Crippen molar-refractivity contribution >= 4 is 48.7 Å². The Morgan fingerprint density at radius 2 is 2.15 bits per heavy atom. The van der Waals surface area contributed by atoms with E-state index in [9.17, 15) is 4.79 Å². The number of carbonyl (C=O) groups excluding carboxylic acids is 1. The molecule has 0 aliphatic carbocycles.